The van der Waals surface area contributed by atoms with Gasteiger partial charge in [-0.3, -0.25) is 0 Å². The number of benzene rings is 1. The Hall–Kier alpha value is -1.05. The van der Waals surface area contributed by atoms with E-state index in [2.05, 4.69) is 13.8 Å². The predicted molar refractivity (Wildman–Crippen MR) is 56.0 cm³/mol. The van der Waals surface area contributed by atoms with E-state index in [-0.39, 0.29) is 11.7 Å². The van der Waals surface area contributed by atoms with Crippen molar-refractivity contribution in [2.24, 2.45) is 0 Å². The summed E-state index contributed by atoms with van der Waals surface area (Å²) < 4.78 is 13.1. The Bertz CT molecular complexity index is 296. The summed E-state index contributed by atoms with van der Waals surface area (Å²) in [6, 6.07) is 4.75. The standard InChI is InChI=1S/C12H17FO/c1-3-6-9(4-2)10-7-5-8-11(13)12(10)14/h5,7-9,14H,3-4,6H2,1-2H3. The van der Waals surface area contributed by atoms with Gasteiger partial charge in [0, 0.05) is 5.56 Å². The zero-order valence-electron chi connectivity index (χ0n) is 8.76. The molecule has 0 saturated heterocycles. The maximum Gasteiger partial charge on any atom is 0.165 e. The molecule has 2 heteroatoms. The molecule has 1 aromatic carbocycles. The minimum Gasteiger partial charge on any atom is -0.505 e. The van der Waals surface area contributed by atoms with Crippen molar-refractivity contribution in [3.05, 3.63) is 29.6 Å². The third-order valence-corrected chi connectivity index (χ3v) is 2.59. The Kier molecular flexibility index (Phi) is 3.93. The number of halogens is 1. The van der Waals surface area contributed by atoms with E-state index in [1.807, 2.05) is 6.07 Å². The highest BCUT2D eigenvalue weighted by atomic mass is 19.1. The summed E-state index contributed by atoms with van der Waals surface area (Å²) in [6.45, 7) is 4.16. The number of phenols is 1. The fourth-order valence-electron chi connectivity index (χ4n) is 1.79. The first kappa shape index (κ1) is 11.0. The average molecular weight is 196 g/mol. The summed E-state index contributed by atoms with van der Waals surface area (Å²) >= 11 is 0. The maximum absolute atomic E-state index is 13.1. The molecule has 0 saturated carbocycles. The molecule has 0 radical (unpaired) electrons. The molecule has 1 unspecified atom stereocenters. The highest BCUT2D eigenvalue weighted by Gasteiger charge is 2.14. The first-order chi connectivity index (χ1) is 6.70. The summed E-state index contributed by atoms with van der Waals surface area (Å²) in [5.74, 6) is -0.416. The molecule has 0 amide bonds. The molecular formula is C12H17FO. The molecule has 0 heterocycles. The molecule has 14 heavy (non-hydrogen) atoms. The topological polar surface area (TPSA) is 20.2 Å². The third kappa shape index (κ3) is 2.25. The first-order valence-electron chi connectivity index (χ1n) is 5.18. The lowest BCUT2D eigenvalue weighted by Gasteiger charge is -2.15. The van der Waals surface area contributed by atoms with Gasteiger partial charge in [-0.25, -0.2) is 4.39 Å². The molecule has 0 aliphatic heterocycles. The molecule has 1 aromatic rings. The van der Waals surface area contributed by atoms with Crippen molar-refractivity contribution >= 4 is 0 Å². The zero-order valence-corrected chi connectivity index (χ0v) is 8.76. The molecule has 0 bridgehead atoms. The van der Waals surface area contributed by atoms with E-state index >= 15 is 0 Å². The Balaban J connectivity index is 2.97. The summed E-state index contributed by atoms with van der Waals surface area (Å²) in [7, 11) is 0. The van der Waals surface area contributed by atoms with E-state index < -0.39 is 5.82 Å². The van der Waals surface area contributed by atoms with Gasteiger partial charge in [-0.05, 0) is 24.8 Å². The van der Waals surface area contributed by atoms with Crippen molar-refractivity contribution in [3.63, 3.8) is 0 Å². The second kappa shape index (κ2) is 4.99. The lowest BCUT2D eigenvalue weighted by Crippen LogP contribution is -1.98. The van der Waals surface area contributed by atoms with Crippen molar-refractivity contribution in [1.82, 2.24) is 0 Å². The summed E-state index contributed by atoms with van der Waals surface area (Å²) in [6.07, 6.45) is 2.98. The Morgan fingerprint density at radius 3 is 2.64 bits per heavy atom. The van der Waals surface area contributed by atoms with Gasteiger partial charge in [-0.15, -0.1) is 0 Å². The fourth-order valence-corrected chi connectivity index (χ4v) is 1.79. The quantitative estimate of drug-likeness (QED) is 0.776. The normalized spacial score (nSPS) is 12.8. The summed E-state index contributed by atoms with van der Waals surface area (Å²) in [4.78, 5) is 0. The van der Waals surface area contributed by atoms with Crippen LogP contribution in [0.1, 0.15) is 44.6 Å². The van der Waals surface area contributed by atoms with Crippen LogP contribution in [0.5, 0.6) is 5.75 Å². The van der Waals surface area contributed by atoms with Crippen LogP contribution in [0, 0.1) is 5.82 Å². The van der Waals surface area contributed by atoms with Gasteiger partial charge < -0.3 is 5.11 Å². The van der Waals surface area contributed by atoms with E-state index in [4.69, 9.17) is 0 Å². The van der Waals surface area contributed by atoms with Crippen molar-refractivity contribution in [2.75, 3.05) is 0 Å². The molecular weight excluding hydrogens is 179 g/mol. The summed E-state index contributed by atoms with van der Waals surface area (Å²) in [5.41, 5.74) is 0.745. The molecule has 0 aliphatic carbocycles. The van der Waals surface area contributed by atoms with E-state index in [9.17, 15) is 9.50 Å². The second-order valence-electron chi connectivity index (χ2n) is 3.57. The number of hydrogen-bond acceptors (Lipinski definition) is 1. The zero-order chi connectivity index (χ0) is 10.6. The van der Waals surface area contributed by atoms with Crippen molar-refractivity contribution in [3.8, 4) is 5.75 Å². The molecule has 0 aromatic heterocycles. The van der Waals surface area contributed by atoms with Crippen molar-refractivity contribution in [1.29, 1.82) is 0 Å². The van der Waals surface area contributed by atoms with Crippen LogP contribution in [0.4, 0.5) is 4.39 Å². The summed E-state index contributed by atoms with van der Waals surface area (Å²) in [5, 5.41) is 9.55. The molecule has 0 aliphatic rings. The Labute approximate surface area is 84.6 Å². The number of phenolic OH excluding ortho intramolecular Hbond substituents is 1. The third-order valence-electron chi connectivity index (χ3n) is 2.59. The lowest BCUT2D eigenvalue weighted by atomic mass is 9.91. The van der Waals surface area contributed by atoms with E-state index in [0.717, 1.165) is 24.8 Å². The van der Waals surface area contributed by atoms with Gasteiger partial charge in [-0.1, -0.05) is 32.4 Å². The van der Waals surface area contributed by atoms with Gasteiger partial charge in [0.25, 0.3) is 0 Å². The Morgan fingerprint density at radius 1 is 1.36 bits per heavy atom. The van der Waals surface area contributed by atoms with Crippen molar-refractivity contribution < 1.29 is 9.50 Å². The van der Waals surface area contributed by atoms with Crippen LogP contribution in [0.15, 0.2) is 18.2 Å². The van der Waals surface area contributed by atoms with Gasteiger partial charge >= 0.3 is 0 Å². The Morgan fingerprint density at radius 2 is 2.07 bits per heavy atom. The second-order valence-corrected chi connectivity index (χ2v) is 3.57. The smallest absolute Gasteiger partial charge is 0.165 e. The van der Waals surface area contributed by atoms with E-state index in [1.54, 1.807) is 6.07 Å². The van der Waals surface area contributed by atoms with Gasteiger partial charge in [0.2, 0.25) is 0 Å². The molecule has 1 rings (SSSR count). The van der Waals surface area contributed by atoms with E-state index in [1.165, 1.54) is 6.07 Å². The number of hydrogen-bond donors (Lipinski definition) is 1. The maximum atomic E-state index is 13.1. The van der Waals surface area contributed by atoms with Crippen LogP contribution in [-0.2, 0) is 0 Å². The van der Waals surface area contributed by atoms with Crippen LogP contribution in [-0.4, -0.2) is 5.11 Å². The number of aromatic hydroxyl groups is 1. The molecule has 78 valence electrons. The largest absolute Gasteiger partial charge is 0.505 e. The number of rotatable bonds is 4. The lowest BCUT2D eigenvalue weighted by molar-refractivity contribution is 0.416. The fraction of sp³-hybridized carbons (Fsp3) is 0.500. The molecule has 1 nitrogen and oxygen atoms in total. The van der Waals surface area contributed by atoms with Crippen LogP contribution in [0.3, 0.4) is 0 Å². The molecule has 1 atom stereocenters. The highest BCUT2D eigenvalue weighted by Crippen LogP contribution is 2.32. The average Bonchev–Trinajstić information content (AvgIpc) is 2.19. The van der Waals surface area contributed by atoms with Crippen LogP contribution in [0.25, 0.3) is 0 Å². The predicted octanol–water partition coefficient (Wildman–Crippen LogP) is 3.83. The highest BCUT2D eigenvalue weighted by molar-refractivity contribution is 5.36. The molecule has 0 fully saturated rings. The molecule has 0 spiro atoms. The van der Waals surface area contributed by atoms with Crippen LogP contribution in [0.2, 0.25) is 0 Å². The molecule has 1 N–H and O–H groups in total. The minimum atomic E-state index is -0.517. The van der Waals surface area contributed by atoms with Gasteiger partial charge in [0.15, 0.2) is 11.6 Å². The number of para-hydroxylation sites is 1. The van der Waals surface area contributed by atoms with E-state index in [0.29, 0.717) is 0 Å². The van der Waals surface area contributed by atoms with Gasteiger partial charge in [0.05, 0.1) is 0 Å². The van der Waals surface area contributed by atoms with Crippen LogP contribution >= 0.6 is 0 Å². The van der Waals surface area contributed by atoms with Gasteiger partial charge in [-0.2, -0.15) is 0 Å². The van der Waals surface area contributed by atoms with Crippen molar-refractivity contribution in [2.45, 2.75) is 39.0 Å². The van der Waals surface area contributed by atoms with Gasteiger partial charge in [0.1, 0.15) is 0 Å². The SMILES string of the molecule is CCCC(CC)c1cccc(F)c1O. The van der Waals surface area contributed by atoms with Crippen LogP contribution < -0.4 is 0 Å². The minimum absolute atomic E-state index is 0.173. The monoisotopic (exact) mass is 196 g/mol. The first-order valence-corrected chi connectivity index (χ1v) is 5.18.